The number of hydrogen-bond acceptors (Lipinski definition) is 4. The minimum absolute atomic E-state index is 0.625. The second-order valence-electron chi connectivity index (χ2n) is 13.5. The van der Waals surface area contributed by atoms with Crippen molar-refractivity contribution in [1.82, 2.24) is 19.9 Å². The first-order chi connectivity index (χ1) is 26.7. The van der Waals surface area contributed by atoms with Gasteiger partial charge in [-0.2, -0.15) is 0 Å². The van der Waals surface area contributed by atoms with Gasteiger partial charge in [-0.05, 0) is 57.0 Å². The molecule has 0 atom stereocenters. The van der Waals surface area contributed by atoms with E-state index in [2.05, 4.69) is 176 Å². The molecule has 4 nitrogen and oxygen atoms in total. The van der Waals surface area contributed by atoms with Crippen molar-refractivity contribution in [3.05, 3.63) is 194 Å². The van der Waals surface area contributed by atoms with Crippen molar-refractivity contribution in [2.75, 3.05) is 0 Å². The minimum Gasteiger partial charge on any atom is -0.247 e. The first-order valence-corrected chi connectivity index (χ1v) is 18.1. The molecule has 0 unspecified atom stereocenters. The highest BCUT2D eigenvalue weighted by Gasteiger charge is 2.15. The normalized spacial score (nSPS) is 11.3. The number of fused-ring (bicyclic) bond motifs is 4. The number of rotatable bonds is 6. The zero-order valence-corrected chi connectivity index (χ0v) is 29.3. The van der Waals surface area contributed by atoms with Gasteiger partial charge in [0.15, 0.2) is 17.5 Å². The Kier molecular flexibility index (Phi) is 7.77. The summed E-state index contributed by atoms with van der Waals surface area (Å²) in [6.45, 7) is 0. The molecule has 0 spiro atoms. The molecule has 0 N–H and O–H groups in total. The summed E-state index contributed by atoms with van der Waals surface area (Å²) in [7, 11) is 0. The molecule has 2 aromatic heterocycles. The van der Waals surface area contributed by atoms with Gasteiger partial charge in [0.05, 0.1) is 11.0 Å². The molecule has 4 heteroatoms. The Balaban J connectivity index is 1.06. The Morgan fingerprint density at radius 2 is 0.667 bits per heavy atom. The van der Waals surface area contributed by atoms with Crippen LogP contribution in [0.3, 0.4) is 0 Å². The molecule has 0 amide bonds. The molecule has 10 rings (SSSR count). The molecule has 0 aliphatic rings. The van der Waals surface area contributed by atoms with Crippen molar-refractivity contribution in [2.45, 2.75) is 0 Å². The number of pyridine rings is 1. The van der Waals surface area contributed by atoms with Crippen molar-refractivity contribution in [3.8, 4) is 67.5 Å². The average Bonchev–Trinajstić information content (AvgIpc) is 3.26. The Morgan fingerprint density at radius 1 is 0.259 bits per heavy atom. The van der Waals surface area contributed by atoms with Crippen molar-refractivity contribution in [1.29, 1.82) is 0 Å². The third-order valence-corrected chi connectivity index (χ3v) is 10.1. The topological polar surface area (TPSA) is 51.6 Å². The summed E-state index contributed by atoms with van der Waals surface area (Å²) in [6, 6.07) is 67.6. The summed E-state index contributed by atoms with van der Waals surface area (Å²) in [5.74, 6) is 1.89. The number of aromatic nitrogens is 4. The average molecular weight is 689 g/mol. The van der Waals surface area contributed by atoms with E-state index in [9.17, 15) is 0 Å². The van der Waals surface area contributed by atoms with Crippen LogP contribution in [-0.4, -0.2) is 19.9 Å². The molecule has 2 heterocycles. The van der Waals surface area contributed by atoms with Gasteiger partial charge in [0.1, 0.15) is 0 Å². The van der Waals surface area contributed by atoms with Gasteiger partial charge in [-0.25, -0.2) is 19.9 Å². The SMILES string of the molecule is c1ccc(-c2ccc(-c3nc(-c4ccc(-c5ccccc5)cc4)nc(-c4ccc(-c5cc6cc7ccccc7nc6c6ccccc56)cc4)n3)cc2)cc1. The first-order valence-electron chi connectivity index (χ1n) is 18.1. The maximum absolute atomic E-state index is 5.08. The van der Waals surface area contributed by atoms with E-state index < -0.39 is 0 Å². The first kappa shape index (κ1) is 31.4. The lowest BCUT2D eigenvalue weighted by Gasteiger charge is -2.13. The highest BCUT2D eigenvalue weighted by Crippen LogP contribution is 2.36. The van der Waals surface area contributed by atoms with Crippen molar-refractivity contribution >= 4 is 32.6 Å². The molecular formula is C50H32N4. The zero-order valence-electron chi connectivity index (χ0n) is 29.3. The molecule has 0 saturated carbocycles. The zero-order chi connectivity index (χ0) is 35.8. The highest BCUT2D eigenvalue weighted by atomic mass is 15.0. The van der Waals surface area contributed by atoms with Gasteiger partial charge >= 0.3 is 0 Å². The quantitative estimate of drug-likeness (QED) is 0.129. The third-order valence-electron chi connectivity index (χ3n) is 10.1. The second kappa shape index (κ2) is 13.4. The van der Waals surface area contributed by atoms with Crippen LogP contribution in [0.2, 0.25) is 0 Å². The van der Waals surface area contributed by atoms with Crippen LogP contribution in [0.4, 0.5) is 0 Å². The lowest BCUT2D eigenvalue weighted by Crippen LogP contribution is -2.00. The van der Waals surface area contributed by atoms with E-state index in [4.69, 9.17) is 19.9 Å². The number of para-hydroxylation sites is 1. The fraction of sp³-hybridized carbons (Fsp3) is 0. The summed E-state index contributed by atoms with van der Waals surface area (Å²) in [5, 5.41) is 4.56. The predicted octanol–water partition coefficient (Wildman–Crippen LogP) is 12.7. The van der Waals surface area contributed by atoms with E-state index in [1.54, 1.807) is 0 Å². The summed E-state index contributed by atoms with van der Waals surface area (Å²) in [6.07, 6.45) is 0. The van der Waals surface area contributed by atoms with E-state index in [0.717, 1.165) is 66.1 Å². The van der Waals surface area contributed by atoms with Crippen LogP contribution in [0, 0.1) is 0 Å². The molecular weight excluding hydrogens is 657 g/mol. The standard InChI is InChI=1S/C50H32N4/c1-3-11-33(12-4-1)35-19-25-38(26-20-35)48-52-49(39-27-21-36(22-28-39)34-13-5-2-6-14-34)54-50(53-48)40-29-23-37(24-30-40)45-32-42-31-41-15-7-10-18-46(41)51-47(42)44-17-9-8-16-43(44)45/h1-32H. The molecule has 0 aliphatic carbocycles. The monoisotopic (exact) mass is 688 g/mol. The van der Waals surface area contributed by atoms with Gasteiger partial charge in [-0.3, -0.25) is 0 Å². The van der Waals surface area contributed by atoms with E-state index in [1.807, 2.05) is 18.2 Å². The summed E-state index contributed by atoms with van der Waals surface area (Å²) in [4.78, 5) is 20.2. The second-order valence-corrected chi connectivity index (χ2v) is 13.5. The van der Waals surface area contributed by atoms with Crippen LogP contribution in [0.1, 0.15) is 0 Å². The minimum atomic E-state index is 0.625. The molecule has 252 valence electrons. The van der Waals surface area contributed by atoms with Crippen LogP contribution >= 0.6 is 0 Å². The van der Waals surface area contributed by atoms with Crippen molar-refractivity contribution in [2.24, 2.45) is 0 Å². The fourth-order valence-corrected chi connectivity index (χ4v) is 7.30. The molecule has 8 aromatic carbocycles. The van der Waals surface area contributed by atoms with E-state index in [-0.39, 0.29) is 0 Å². The Labute approximate surface area is 313 Å². The molecule has 0 aliphatic heterocycles. The van der Waals surface area contributed by atoms with Crippen LogP contribution in [0.25, 0.3) is 100 Å². The van der Waals surface area contributed by atoms with Gasteiger partial charge in [-0.1, -0.05) is 176 Å². The maximum atomic E-state index is 5.08. The summed E-state index contributed by atoms with van der Waals surface area (Å²) < 4.78 is 0. The molecule has 0 bridgehead atoms. The van der Waals surface area contributed by atoms with Crippen LogP contribution in [-0.2, 0) is 0 Å². The number of nitrogens with zero attached hydrogens (tertiary/aromatic N) is 4. The Morgan fingerprint density at radius 3 is 1.20 bits per heavy atom. The number of benzene rings is 8. The van der Waals surface area contributed by atoms with Gasteiger partial charge in [0.25, 0.3) is 0 Å². The molecule has 54 heavy (non-hydrogen) atoms. The Bertz CT molecular complexity index is 2840. The van der Waals surface area contributed by atoms with Gasteiger partial charge in [-0.15, -0.1) is 0 Å². The van der Waals surface area contributed by atoms with Crippen molar-refractivity contribution in [3.63, 3.8) is 0 Å². The lowest BCUT2D eigenvalue weighted by atomic mass is 9.94. The van der Waals surface area contributed by atoms with E-state index >= 15 is 0 Å². The van der Waals surface area contributed by atoms with Gasteiger partial charge < -0.3 is 0 Å². The van der Waals surface area contributed by atoms with Gasteiger partial charge in [0.2, 0.25) is 0 Å². The fourth-order valence-electron chi connectivity index (χ4n) is 7.30. The smallest absolute Gasteiger partial charge is 0.164 e. The largest absolute Gasteiger partial charge is 0.247 e. The van der Waals surface area contributed by atoms with E-state index in [1.165, 1.54) is 16.5 Å². The number of hydrogen-bond donors (Lipinski definition) is 0. The lowest BCUT2D eigenvalue weighted by molar-refractivity contribution is 1.07. The predicted molar refractivity (Wildman–Crippen MR) is 223 cm³/mol. The molecule has 0 fully saturated rings. The van der Waals surface area contributed by atoms with Gasteiger partial charge in [0, 0.05) is 32.8 Å². The maximum Gasteiger partial charge on any atom is 0.164 e. The van der Waals surface area contributed by atoms with Crippen LogP contribution in [0.15, 0.2) is 194 Å². The van der Waals surface area contributed by atoms with Crippen LogP contribution in [0.5, 0.6) is 0 Å². The van der Waals surface area contributed by atoms with E-state index in [0.29, 0.717) is 17.5 Å². The summed E-state index contributed by atoms with van der Waals surface area (Å²) >= 11 is 0. The molecule has 0 radical (unpaired) electrons. The highest BCUT2D eigenvalue weighted by molar-refractivity contribution is 6.14. The molecule has 0 saturated heterocycles. The molecule has 10 aromatic rings. The van der Waals surface area contributed by atoms with Crippen molar-refractivity contribution < 1.29 is 0 Å². The van der Waals surface area contributed by atoms with Crippen LogP contribution < -0.4 is 0 Å². The third kappa shape index (κ3) is 5.86. The summed E-state index contributed by atoms with van der Waals surface area (Å²) in [5.41, 5.74) is 11.7. The Hall–Kier alpha value is -7.30.